The van der Waals surface area contributed by atoms with Crippen molar-refractivity contribution in [3.63, 3.8) is 0 Å². The fraction of sp³-hybridized carbons (Fsp3) is 0.857. The predicted octanol–water partition coefficient (Wildman–Crippen LogP) is 2.10. The minimum Gasteiger partial charge on any atom is -0.375 e. The van der Waals surface area contributed by atoms with E-state index in [-0.39, 0.29) is 12.0 Å². The van der Waals surface area contributed by atoms with Crippen LogP contribution in [-0.4, -0.2) is 36.6 Å². The van der Waals surface area contributed by atoms with E-state index >= 15 is 0 Å². The Balaban J connectivity index is 2.11. The van der Waals surface area contributed by atoms with Gasteiger partial charge in [-0.05, 0) is 19.8 Å². The van der Waals surface area contributed by atoms with E-state index in [9.17, 15) is 10.1 Å². The number of hydrogen-bond acceptors (Lipinski definition) is 3. The van der Waals surface area contributed by atoms with Crippen LogP contribution in [-0.2, 0) is 9.53 Å². The highest BCUT2D eigenvalue weighted by molar-refractivity contribution is 5.85. The second-order valence-electron chi connectivity index (χ2n) is 5.54. The van der Waals surface area contributed by atoms with Crippen LogP contribution >= 0.6 is 0 Å². The molecule has 1 unspecified atom stereocenters. The Morgan fingerprint density at radius 1 is 1.33 bits per heavy atom. The van der Waals surface area contributed by atoms with Crippen molar-refractivity contribution in [3.05, 3.63) is 0 Å². The molecule has 18 heavy (non-hydrogen) atoms. The van der Waals surface area contributed by atoms with E-state index in [1.165, 1.54) is 0 Å². The molecule has 100 valence electrons. The molecule has 0 aromatic heterocycles. The molecule has 0 N–H and O–H groups in total. The van der Waals surface area contributed by atoms with Crippen LogP contribution in [0.3, 0.4) is 0 Å². The summed E-state index contributed by atoms with van der Waals surface area (Å²) in [7, 11) is 0. The molecular formula is C14H22N2O2. The van der Waals surface area contributed by atoms with E-state index in [2.05, 4.69) is 6.07 Å². The highest BCUT2D eigenvalue weighted by atomic mass is 16.5. The molecule has 0 spiro atoms. The molecule has 0 aromatic carbocycles. The van der Waals surface area contributed by atoms with E-state index in [4.69, 9.17) is 4.74 Å². The molecule has 2 fully saturated rings. The van der Waals surface area contributed by atoms with Crippen molar-refractivity contribution in [1.82, 2.24) is 4.90 Å². The van der Waals surface area contributed by atoms with Gasteiger partial charge in [-0.3, -0.25) is 4.79 Å². The van der Waals surface area contributed by atoms with Crippen molar-refractivity contribution < 1.29 is 9.53 Å². The van der Waals surface area contributed by atoms with E-state index in [0.717, 1.165) is 38.5 Å². The summed E-state index contributed by atoms with van der Waals surface area (Å²) in [4.78, 5) is 14.5. The van der Waals surface area contributed by atoms with Gasteiger partial charge in [0.15, 0.2) is 0 Å². The number of ether oxygens (including phenoxy) is 1. The predicted molar refractivity (Wildman–Crippen MR) is 67.7 cm³/mol. The number of amides is 1. The maximum Gasteiger partial charge on any atom is 0.243 e. The summed E-state index contributed by atoms with van der Waals surface area (Å²) < 4.78 is 5.46. The zero-order valence-corrected chi connectivity index (χ0v) is 11.2. The molecular weight excluding hydrogens is 228 g/mol. The van der Waals surface area contributed by atoms with Crippen molar-refractivity contribution >= 4 is 5.91 Å². The number of nitrogens with zero attached hydrogens (tertiary/aromatic N) is 2. The largest absolute Gasteiger partial charge is 0.375 e. The number of morpholine rings is 1. The van der Waals surface area contributed by atoms with Gasteiger partial charge in [0, 0.05) is 13.1 Å². The van der Waals surface area contributed by atoms with Crippen molar-refractivity contribution in [3.8, 4) is 6.07 Å². The topological polar surface area (TPSA) is 53.3 Å². The van der Waals surface area contributed by atoms with Crippen LogP contribution in [0.2, 0.25) is 0 Å². The van der Waals surface area contributed by atoms with Gasteiger partial charge in [-0.25, -0.2) is 0 Å². The van der Waals surface area contributed by atoms with Crippen LogP contribution in [0, 0.1) is 16.7 Å². The van der Waals surface area contributed by atoms with Gasteiger partial charge in [-0.1, -0.05) is 25.7 Å². The fourth-order valence-corrected chi connectivity index (χ4v) is 3.01. The zero-order valence-electron chi connectivity index (χ0n) is 11.2. The smallest absolute Gasteiger partial charge is 0.243 e. The van der Waals surface area contributed by atoms with Crippen molar-refractivity contribution in [2.75, 3.05) is 19.7 Å². The first kappa shape index (κ1) is 13.4. The molecule has 2 rings (SSSR count). The third-order valence-corrected chi connectivity index (χ3v) is 4.11. The third kappa shape index (κ3) is 2.67. The Morgan fingerprint density at radius 2 is 2.00 bits per heavy atom. The molecule has 1 amide bonds. The second-order valence-corrected chi connectivity index (χ2v) is 5.54. The summed E-state index contributed by atoms with van der Waals surface area (Å²) in [5.41, 5.74) is -0.756. The standard InChI is InChI=1S/C14H22N2O2/c1-12-10-16(8-9-18-12)13(17)14(11-15)6-4-2-3-5-7-14/h12H,2-10H2,1H3. The van der Waals surface area contributed by atoms with Crippen molar-refractivity contribution in [2.24, 2.45) is 5.41 Å². The molecule has 1 saturated heterocycles. The minimum atomic E-state index is -0.756. The lowest BCUT2D eigenvalue weighted by molar-refractivity contribution is -0.146. The van der Waals surface area contributed by atoms with Gasteiger partial charge >= 0.3 is 0 Å². The number of rotatable bonds is 1. The number of carbonyl (C=O) groups excluding carboxylic acids is 1. The first-order valence-corrected chi connectivity index (χ1v) is 7.00. The van der Waals surface area contributed by atoms with Crippen LogP contribution in [0.1, 0.15) is 45.4 Å². The average molecular weight is 250 g/mol. The first-order valence-electron chi connectivity index (χ1n) is 7.00. The highest BCUT2D eigenvalue weighted by Gasteiger charge is 2.42. The Morgan fingerprint density at radius 3 is 2.56 bits per heavy atom. The summed E-state index contributed by atoms with van der Waals surface area (Å²) in [5.74, 6) is 0.0436. The molecule has 1 aliphatic carbocycles. The van der Waals surface area contributed by atoms with E-state index in [1.54, 1.807) is 0 Å². The quantitative estimate of drug-likeness (QED) is 0.670. The van der Waals surface area contributed by atoms with E-state index in [0.29, 0.717) is 19.7 Å². The summed E-state index contributed by atoms with van der Waals surface area (Å²) in [6.07, 6.45) is 5.84. The average Bonchev–Trinajstić information content (AvgIpc) is 2.64. The van der Waals surface area contributed by atoms with Gasteiger partial charge < -0.3 is 9.64 Å². The van der Waals surface area contributed by atoms with Gasteiger partial charge in [0.25, 0.3) is 0 Å². The molecule has 4 nitrogen and oxygen atoms in total. The Hall–Kier alpha value is -1.08. The number of hydrogen-bond donors (Lipinski definition) is 0. The molecule has 2 aliphatic rings. The van der Waals surface area contributed by atoms with Crippen LogP contribution < -0.4 is 0 Å². The Bertz CT molecular complexity index is 340. The maximum absolute atomic E-state index is 12.7. The summed E-state index contributed by atoms with van der Waals surface area (Å²) >= 11 is 0. The monoisotopic (exact) mass is 250 g/mol. The zero-order chi connectivity index (χ0) is 13.0. The molecule has 1 atom stereocenters. The molecule has 1 aliphatic heterocycles. The van der Waals surface area contributed by atoms with Gasteiger partial charge in [0.1, 0.15) is 5.41 Å². The summed E-state index contributed by atoms with van der Waals surface area (Å²) in [5, 5.41) is 9.50. The van der Waals surface area contributed by atoms with Gasteiger partial charge in [0.2, 0.25) is 5.91 Å². The lowest BCUT2D eigenvalue weighted by Gasteiger charge is -2.36. The molecule has 1 saturated carbocycles. The van der Waals surface area contributed by atoms with Crippen LogP contribution in [0.5, 0.6) is 0 Å². The SMILES string of the molecule is CC1CN(C(=O)C2(C#N)CCCCCC2)CCO1. The molecule has 1 heterocycles. The Kier molecular flexibility index (Phi) is 4.23. The normalized spacial score (nSPS) is 28.2. The molecule has 0 aromatic rings. The third-order valence-electron chi connectivity index (χ3n) is 4.11. The van der Waals surface area contributed by atoms with Gasteiger partial charge in [0.05, 0.1) is 18.8 Å². The minimum absolute atomic E-state index is 0.0436. The summed E-state index contributed by atoms with van der Waals surface area (Å²) in [6.45, 7) is 3.83. The van der Waals surface area contributed by atoms with Crippen LogP contribution in [0.25, 0.3) is 0 Å². The highest BCUT2D eigenvalue weighted by Crippen LogP contribution is 2.36. The lowest BCUT2D eigenvalue weighted by Crippen LogP contribution is -2.50. The Labute approximate surface area is 109 Å². The fourth-order valence-electron chi connectivity index (χ4n) is 3.01. The maximum atomic E-state index is 12.7. The van der Waals surface area contributed by atoms with Crippen molar-refractivity contribution in [1.29, 1.82) is 5.26 Å². The molecule has 0 bridgehead atoms. The van der Waals surface area contributed by atoms with Crippen molar-refractivity contribution in [2.45, 2.75) is 51.6 Å². The van der Waals surface area contributed by atoms with Gasteiger partial charge in [-0.2, -0.15) is 5.26 Å². The molecule has 0 radical (unpaired) electrons. The van der Waals surface area contributed by atoms with Crippen LogP contribution in [0.4, 0.5) is 0 Å². The second kappa shape index (κ2) is 5.71. The molecule has 4 heteroatoms. The van der Waals surface area contributed by atoms with E-state index < -0.39 is 5.41 Å². The summed E-state index contributed by atoms with van der Waals surface area (Å²) in [6, 6.07) is 2.34. The van der Waals surface area contributed by atoms with E-state index in [1.807, 2.05) is 11.8 Å². The van der Waals surface area contributed by atoms with Crippen LogP contribution in [0.15, 0.2) is 0 Å². The van der Waals surface area contributed by atoms with Gasteiger partial charge in [-0.15, -0.1) is 0 Å². The first-order chi connectivity index (χ1) is 8.68. The lowest BCUT2D eigenvalue weighted by atomic mass is 9.80. The number of carbonyl (C=O) groups is 1. The number of nitriles is 1.